The van der Waals surface area contributed by atoms with Crippen LogP contribution < -0.4 is 14.9 Å². The van der Waals surface area contributed by atoms with Crippen molar-refractivity contribution in [1.29, 1.82) is 0 Å². The van der Waals surface area contributed by atoms with Gasteiger partial charge in [-0.15, -0.1) is 0 Å². The molecule has 0 heterocycles. The van der Waals surface area contributed by atoms with Gasteiger partial charge in [0.2, 0.25) is 0 Å². The predicted molar refractivity (Wildman–Crippen MR) is 101 cm³/mol. The number of nitrogens with one attached hydrogen (secondary N) is 1. The summed E-state index contributed by atoms with van der Waals surface area (Å²) in [6.07, 6.45) is 3.38. The maximum Gasteiger partial charge on any atom is 0.311 e. The van der Waals surface area contributed by atoms with Crippen LogP contribution in [0.25, 0.3) is 0 Å². The van der Waals surface area contributed by atoms with Gasteiger partial charge in [-0.1, -0.05) is 25.5 Å². The van der Waals surface area contributed by atoms with Gasteiger partial charge in [0.05, 0.1) is 18.2 Å². The van der Waals surface area contributed by atoms with Crippen LogP contribution in [0.5, 0.6) is 11.5 Å². The summed E-state index contributed by atoms with van der Waals surface area (Å²) in [5.41, 5.74) is 3.81. The van der Waals surface area contributed by atoms with E-state index in [2.05, 4.69) is 17.5 Å². The number of ether oxygens (including phenoxy) is 2. The van der Waals surface area contributed by atoms with Gasteiger partial charge in [-0.2, -0.15) is 5.10 Å². The highest BCUT2D eigenvalue weighted by Gasteiger charge is 2.14. The zero-order valence-corrected chi connectivity index (χ0v) is 15.2. The van der Waals surface area contributed by atoms with Crippen molar-refractivity contribution in [2.45, 2.75) is 19.8 Å². The Hall–Kier alpha value is -3.42. The van der Waals surface area contributed by atoms with E-state index in [-0.39, 0.29) is 18.0 Å². The Morgan fingerprint density at radius 1 is 1.26 bits per heavy atom. The van der Waals surface area contributed by atoms with E-state index in [1.54, 1.807) is 6.07 Å². The van der Waals surface area contributed by atoms with Gasteiger partial charge in [-0.3, -0.25) is 14.9 Å². The Bertz CT molecular complexity index is 819. The second kappa shape index (κ2) is 9.91. The number of carbonyl (C=O) groups excluding carboxylic acids is 1. The van der Waals surface area contributed by atoms with Crippen LogP contribution in [0.3, 0.4) is 0 Å². The van der Waals surface area contributed by atoms with Gasteiger partial charge in [0.1, 0.15) is 5.75 Å². The summed E-state index contributed by atoms with van der Waals surface area (Å²) in [4.78, 5) is 22.2. The lowest BCUT2D eigenvalue weighted by Crippen LogP contribution is -2.24. The molecule has 142 valence electrons. The van der Waals surface area contributed by atoms with Crippen LogP contribution in [0.1, 0.15) is 24.5 Å². The predicted octanol–water partition coefficient (Wildman–Crippen LogP) is 3.09. The van der Waals surface area contributed by atoms with Crippen LogP contribution in [0.15, 0.2) is 47.6 Å². The second-order valence-electron chi connectivity index (χ2n) is 5.66. The lowest BCUT2D eigenvalue weighted by molar-refractivity contribution is -0.385. The van der Waals surface area contributed by atoms with Gasteiger partial charge in [-0.25, -0.2) is 5.43 Å². The maximum atomic E-state index is 11.8. The molecule has 0 spiro atoms. The summed E-state index contributed by atoms with van der Waals surface area (Å²) in [6.45, 7) is 1.92. The summed E-state index contributed by atoms with van der Waals surface area (Å²) >= 11 is 0. The van der Waals surface area contributed by atoms with Crippen LogP contribution >= 0.6 is 0 Å². The van der Waals surface area contributed by atoms with Gasteiger partial charge < -0.3 is 9.47 Å². The Morgan fingerprint density at radius 3 is 2.63 bits per heavy atom. The van der Waals surface area contributed by atoms with E-state index < -0.39 is 10.8 Å². The number of aryl methyl sites for hydroxylation is 1. The van der Waals surface area contributed by atoms with E-state index in [0.29, 0.717) is 11.3 Å². The molecule has 0 saturated carbocycles. The third-order valence-corrected chi connectivity index (χ3v) is 3.63. The summed E-state index contributed by atoms with van der Waals surface area (Å²) in [5, 5.41) is 14.8. The minimum atomic E-state index is -0.547. The topological polar surface area (TPSA) is 103 Å². The summed E-state index contributed by atoms with van der Waals surface area (Å²) in [7, 11) is 1.35. The van der Waals surface area contributed by atoms with Crippen molar-refractivity contribution in [2.24, 2.45) is 5.10 Å². The van der Waals surface area contributed by atoms with E-state index in [9.17, 15) is 14.9 Å². The second-order valence-corrected chi connectivity index (χ2v) is 5.66. The van der Waals surface area contributed by atoms with Crippen LogP contribution in [-0.4, -0.2) is 30.8 Å². The average Bonchev–Trinajstić information content (AvgIpc) is 2.67. The van der Waals surface area contributed by atoms with E-state index in [1.165, 1.54) is 31.0 Å². The van der Waals surface area contributed by atoms with Crippen molar-refractivity contribution in [3.63, 3.8) is 0 Å². The molecule has 2 rings (SSSR count). The number of hydrogen-bond donors (Lipinski definition) is 1. The van der Waals surface area contributed by atoms with Crippen molar-refractivity contribution in [3.05, 3.63) is 63.7 Å². The fraction of sp³-hybridized carbons (Fsp3) is 0.263. The average molecular weight is 371 g/mol. The number of hydrogen-bond acceptors (Lipinski definition) is 6. The molecule has 8 nitrogen and oxygen atoms in total. The SMILES string of the molecule is CCCc1ccc(OCC(=O)N/N=C/c2ccc(OC)c([N+](=O)[O-])c2)cc1. The molecular weight excluding hydrogens is 350 g/mol. The highest BCUT2D eigenvalue weighted by Crippen LogP contribution is 2.26. The standard InChI is InChI=1S/C19H21N3O5/c1-3-4-14-5-8-16(9-6-14)27-13-19(23)21-20-12-15-7-10-18(26-2)17(11-15)22(24)25/h5-12H,3-4,13H2,1-2H3,(H,21,23)/b20-12+. The Morgan fingerprint density at radius 2 is 2.00 bits per heavy atom. The summed E-state index contributed by atoms with van der Waals surface area (Å²) in [5.74, 6) is 0.311. The molecule has 27 heavy (non-hydrogen) atoms. The van der Waals surface area contributed by atoms with Crippen molar-refractivity contribution in [3.8, 4) is 11.5 Å². The molecule has 0 aliphatic carbocycles. The molecule has 8 heteroatoms. The van der Waals surface area contributed by atoms with Crippen molar-refractivity contribution in [2.75, 3.05) is 13.7 Å². The highest BCUT2D eigenvalue weighted by molar-refractivity contribution is 5.84. The number of hydrazone groups is 1. The zero-order chi connectivity index (χ0) is 19.6. The van der Waals surface area contributed by atoms with Gasteiger partial charge in [0, 0.05) is 11.6 Å². The summed E-state index contributed by atoms with van der Waals surface area (Å²) < 4.78 is 10.3. The van der Waals surface area contributed by atoms with E-state index in [1.807, 2.05) is 24.3 Å². The van der Waals surface area contributed by atoms with Crippen LogP contribution in [0.2, 0.25) is 0 Å². The monoisotopic (exact) mass is 371 g/mol. The lowest BCUT2D eigenvalue weighted by Gasteiger charge is -2.06. The van der Waals surface area contributed by atoms with E-state index in [4.69, 9.17) is 9.47 Å². The lowest BCUT2D eigenvalue weighted by atomic mass is 10.1. The molecule has 0 aromatic heterocycles. The number of carbonyl (C=O) groups is 1. The first kappa shape index (κ1) is 19.9. The molecule has 0 aliphatic rings. The fourth-order valence-corrected chi connectivity index (χ4v) is 2.33. The molecule has 0 unspecified atom stereocenters. The number of amides is 1. The molecule has 0 fully saturated rings. The van der Waals surface area contributed by atoms with Crippen LogP contribution in [-0.2, 0) is 11.2 Å². The Kier molecular flexibility index (Phi) is 7.30. The number of nitro groups is 1. The van der Waals surface area contributed by atoms with Crippen molar-refractivity contribution < 1.29 is 19.2 Å². The molecule has 0 radical (unpaired) electrons. The smallest absolute Gasteiger partial charge is 0.311 e. The number of nitrogens with zero attached hydrogens (tertiary/aromatic N) is 2. The molecule has 1 N–H and O–H groups in total. The van der Waals surface area contributed by atoms with Gasteiger partial charge in [-0.05, 0) is 36.2 Å². The van der Waals surface area contributed by atoms with Crippen molar-refractivity contribution >= 4 is 17.8 Å². The van der Waals surface area contributed by atoms with E-state index in [0.717, 1.165) is 12.8 Å². The minimum absolute atomic E-state index is 0.152. The molecule has 0 saturated heterocycles. The van der Waals surface area contributed by atoms with Gasteiger partial charge >= 0.3 is 5.69 Å². The normalized spacial score (nSPS) is 10.6. The third kappa shape index (κ3) is 6.10. The number of nitro benzene ring substituents is 1. The first-order chi connectivity index (χ1) is 13.0. The summed E-state index contributed by atoms with van der Waals surface area (Å²) in [6, 6.07) is 11.9. The maximum absolute atomic E-state index is 11.8. The van der Waals surface area contributed by atoms with E-state index >= 15 is 0 Å². The third-order valence-electron chi connectivity index (χ3n) is 3.63. The largest absolute Gasteiger partial charge is 0.490 e. The highest BCUT2D eigenvalue weighted by atomic mass is 16.6. The zero-order valence-electron chi connectivity index (χ0n) is 15.2. The quantitative estimate of drug-likeness (QED) is 0.414. The fourth-order valence-electron chi connectivity index (χ4n) is 2.33. The van der Waals surface area contributed by atoms with Crippen molar-refractivity contribution in [1.82, 2.24) is 5.43 Å². The van der Waals surface area contributed by atoms with Crippen LogP contribution in [0.4, 0.5) is 5.69 Å². The van der Waals surface area contributed by atoms with Gasteiger partial charge in [0.25, 0.3) is 5.91 Å². The van der Waals surface area contributed by atoms with Crippen LogP contribution in [0, 0.1) is 10.1 Å². The number of methoxy groups -OCH3 is 1. The Labute approximate surface area is 157 Å². The molecule has 2 aromatic carbocycles. The molecule has 2 aromatic rings. The molecule has 0 atom stereocenters. The minimum Gasteiger partial charge on any atom is -0.490 e. The Balaban J connectivity index is 1.86. The first-order valence-electron chi connectivity index (χ1n) is 8.39. The molecule has 0 aliphatic heterocycles. The first-order valence-corrected chi connectivity index (χ1v) is 8.39. The van der Waals surface area contributed by atoms with Gasteiger partial charge in [0.15, 0.2) is 12.4 Å². The molecule has 1 amide bonds. The molecule has 0 bridgehead atoms. The number of rotatable bonds is 9. The number of benzene rings is 2. The molecular formula is C19H21N3O5.